The highest BCUT2D eigenvalue weighted by atomic mass is 79.9. The van der Waals surface area contributed by atoms with Crippen LogP contribution in [0.4, 0.5) is 17.1 Å². The lowest BCUT2D eigenvalue weighted by atomic mass is 10.2. The molecule has 6 nitrogen and oxygen atoms in total. The summed E-state index contributed by atoms with van der Waals surface area (Å²) in [6, 6.07) is 30.7. The molecule has 4 aromatic rings. The van der Waals surface area contributed by atoms with Gasteiger partial charge in [-0.2, -0.15) is 0 Å². The Hall–Kier alpha value is -4.14. The van der Waals surface area contributed by atoms with Crippen LogP contribution in [0.1, 0.15) is 15.9 Å². The normalized spacial score (nSPS) is 13.2. The highest BCUT2D eigenvalue weighted by Crippen LogP contribution is 2.38. The molecule has 1 aliphatic heterocycles. The Balaban J connectivity index is 1.39. The first-order chi connectivity index (χ1) is 18.4. The fourth-order valence-corrected chi connectivity index (χ4v) is 5.03. The minimum Gasteiger partial charge on any atom is -0.350 e. The van der Waals surface area contributed by atoms with Crippen molar-refractivity contribution in [3.05, 3.63) is 129 Å². The number of amides is 3. The molecular formula is C30H22BrN3O3S. The fraction of sp³-hybridized carbons (Fsp3) is 0.0333. The lowest BCUT2D eigenvalue weighted by molar-refractivity contribution is -0.120. The van der Waals surface area contributed by atoms with Gasteiger partial charge < -0.3 is 10.6 Å². The second-order valence-corrected chi connectivity index (χ2v) is 10.6. The van der Waals surface area contributed by atoms with Crippen LogP contribution in [0.25, 0.3) is 0 Å². The smallest absolute Gasteiger partial charge is 0.283 e. The van der Waals surface area contributed by atoms with E-state index in [1.165, 1.54) is 16.7 Å². The number of nitrogens with zero attached hydrogens (tertiary/aromatic N) is 1. The lowest BCUT2D eigenvalue weighted by Crippen LogP contribution is -2.32. The number of nitrogens with one attached hydrogen (secondary N) is 2. The fourth-order valence-electron chi connectivity index (χ4n) is 3.84. The van der Waals surface area contributed by atoms with Gasteiger partial charge in [0.25, 0.3) is 17.7 Å². The molecule has 0 bridgehead atoms. The molecule has 0 radical (unpaired) electrons. The Bertz CT molecular complexity index is 1530. The highest BCUT2D eigenvalue weighted by molar-refractivity contribution is 9.10. The molecule has 0 aliphatic carbocycles. The van der Waals surface area contributed by atoms with Crippen molar-refractivity contribution in [3.8, 4) is 0 Å². The van der Waals surface area contributed by atoms with Crippen molar-refractivity contribution in [1.82, 2.24) is 0 Å². The molecular weight excluding hydrogens is 562 g/mol. The Morgan fingerprint density at radius 1 is 0.763 bits per heavy atom. The molecule has 1 heterocycles. The van der Waals surface area contributed by atoms with E-state index >= 15 is 0 Å². The average Bonchev–Trinajstić information content (AvgIpc) is 3.15. The molecule has 0 atom stereocenters. The van der Waals surface area contributed by atoms with Crippen molar-refractivity contribution < 1.29 is 14.4 Å². The third-order valence-corrected chi connectivity index (χ3v) is 7.43. The number of imide groups is 1. The number of benzene rings is 4. The number of rotatable bonds is 7. The number of carbonyl (C=O) groups excluding carboxylic acids is 3. The van der Waals surface area contributed by atoms with Gasteiger partial charge in [-0.1, -0.05) is 63.6 Å². The van der Waals surface area contributed by atoms with E-state index in [0.29, 0.717) is 27.5 Å². The van der Waals surface area contributed by atoms with Gasteiger partial charge in [0, 0.05) is 26.3 Å². The maximum atomic E-state index is 13.5. The van der Waals surface area contributed by atoms with Gasteiger partial charge in [-0.25, -0.2) is 4.90 Å². The second-order valence-electron chi connectivity index (χ2n) is 8.56. The first-order valence-corrected chi connectivity index (χ1v) is 13.4. The number of para-hydroxylation sites is 1. The predicted octanol–water partition coefficient (Wildman–Crippen LogP) is 7.00. The van der Waals surface area contributed by atoms with E-state index < -0.39 is 11.8 Å². The van der Waals surface area contributed by atoms with Crippen LogP contribution in [-0.2, 0) is 9.59 Å². The van der Waals surface area contributed by atoms with Crippen LogP contribution >= 0.6 is 27.7 Å². The molecule has 2 N–H and O–H groups in total. The molecule has 0 unspecified atom stereocenters. The predicted molar refractivity (Wildman–Crippen MR) is 155 cm³/mol. The van der Waals surface area contributed by atoms with E-state index in [1.54, 1.807) is 60.7 Å². The summed E-state index contributed by atoms with van der Waals surface area (Å²) in [6.45, 7) is 1.98. The number of hydrogen-bond donors (Lipinski definition) is 2. The summed E-state index contributed by atoms with van der Waals surface area (Å²) in [5.74, 6) is -1.03. The lowest BCUT2D eigenvalue weighted by Gasteiger charge is -2.15. The van der Waals surface area contributed by atoms with Gasteiger partial charge in [0.2, 0.25) is 0 Å². The molecule has 0 saturated carbocycles. The monoisotopic (exact) mass is 583 g/mol. The number of aryl methyl sites for hydroxylation is 1. The minimum atomic E-state index is -0.414. The van der Waals surface area contributed by atoms with Crippen LogP contribution in [-0.4, -0.2) is 17.7 Å². The van der Waals surface area contributed by atoms with Crippen molar-refractivity contribution in [3.63, 3.8) is 0 Å². The van der Waals surface area contributed by atoms with Crippen molar-refractivity contribution in [1.29, 1.82) is 0 Å². The van der Waals surface area contributed by atoms with Crippen molar-refractivity contribution >= 4 is 62.5 Å². The summed E-state index contributed by atoms with van der Waals surface area (Å²) in [5, 5.41) is 6.04. The summed E-state index contributed by atoms with van der Waals surface area (Å²) >= 11 is 4.57. The zero-order valence-electron chi connectivity index (χ0n) is 20.3. The van der Waals surface area contributed by atoms with Crippen LogP contribution < -0.4 is 15.5 Å². The number of thioether (sulfide) groups is 1. The molecule has 0 saturated heterocycles. The standard InChI is InChI=1S/C30H22BrN3O3S/c1-19-7-13-22(14-8-19)32-26-27(30(37)34(29(26)36)24-5-3-2-4-6-24)38-25-17-15-23(16-18-25)33-28(35)20-9-11-21(31)12-10-20/h2-18,32H,1H3,(H,33,35). The minimum absolute atomic E-state index is 0.222. The molecule has 0 fully saturated rings. The van der Waals surface area contributed by atoms with Crippen molar-refractivity contribution in [2.75, 3.05) is 15.5 Å². The van der Waals surface area contributed by atoms with Gasteiger partial charge in [0.05, 0.1) is 5.69 Å². The summed E-state index contributed by atoms with van der Waals surface area (Å²) in [5.41, 5.74) is 3.69. The number of anilines is 3. The van der Waals surface area contributed by atoms with E-state index in [9.17, 15) is 14.4 Å². The zero-order chi connectivity index (χ0) is 26.6. The van der Waals surface area contributed by atoms with Crippen LogP contribution in [0.15, 0.2) is 123 Å². The SMILES string of the molecule is Cc1ccc(NC2=C(Sc3ccc(NC(=O)c4ccc(Br)cc4)cc3)C(=O)N(c3ccccc3)C2=O)cc1. The van der Waals surface area contributed by atoms with Gasteiger partial charge >= 0.3 is 0 Å². The summed E-state index contributed by atoms with van der Waals surface area (Å²) in [4.78, 5) is 41.7. The molecule has 8 heteroatoms. The Labute approximate surface area is 232 Å². The van der Waals surface area contributed by atoms with Crippen LogP contribution in [0.2, 0.25) is 0 Å². The molecule has 5 rings (SSSR count). The highest BCUT2D eigenvalue weighted by Gasteiger charge is 2.40. The van der Waals surface area contributed by atoms with Crippen molar-refractivity contribution in [2.45, 2.75) is 11.8 Å². The molecule has 188 valence electrons. The van der Waals surface area contributed by atoms with Gasteiger partial charge in [-0.15, -0.1) is 0 Å². The van der Waals surface area contributed by atoms with E-state index in [1.807, 2.05) is 49.4 Å². The third-order valence-electron chi connectivity index (χ3n) is 5.82. The first-order valence-electron chi connectivity index (χ1n) is 11.8. The molecule has 1 aliphatic rings. The van der Waals surface area contributed by atoms with Crippen LogP contribution in [0, 0.1) is 6.92 Å². The van der Waals surface area contributed by atoms with Gasteiger partial charge in [0.1, 0.15) is 10.6 Å². The topological polar surface area (TPSA) is 78.5 Å². The van der Waals surface area contributed by atoms with Crippen molar-refractivity contribution in [2.24, 2.45) is 0 Å². The quantitative estimate of drug-likeness (QED) is 0.229. The summed E-state index contributed by atoms with van der Waals surface area (Å²) in [6.07, 6.45) is 0. The average molecular weight is 584 g/mol. The van der Waals surface area contributed by atoms with E-state index in [0.717, 1.165) is 14.9 Å². The second kappa shape index (κ2) is 11.1. The van der Waals surface area contributed by atoms with Gasteiger partial charge in [-0.3, -0.25) is 14.4 Å². The largest absolute Gasteiger partial charge is 0.350 e. The van der Waals surface area contributed by atoms with E-state index in [2.05, 4.69) is 26.6 Å². The van der Waals surface area contributed by atoms with Gasteiger partial charge in [-0.05, 0) is 79.7 Å². The molecule has 4 aromatic carbocycles. The van der Waals surface area contributed by atoms with Gasteiger partial charge in [0.15, 0.2) is 0 Å². The molecule has 3 amide bonds. The first kappa shape index (κ1) is 25.5. The molecule has 0 spiro atoms. The Morgan fingerprint density at radius 2 is 1.39 bits per heavy atom. The third kappa shape index (κ3) is 5.56. The zero-order valence-corrected chi connectivity index (χ0v) is 22.7. The summed E-state index contributed by atoms with van der Waals surface area (Å²) in [7, 11) is 0. The van der Waals surface area contributed by atoms with Crippen LogP contribution in [0.5, 0.6) is 0 Å². The molecule has 38 heavy (non-hydrogen) atoms. The Kier molecular flexibility index (Phi) is 7.44. The maximum Gasteiger partial charge on any atom is 0.283 e. The Morgan fingerprint density at radius 3 is 2.05 bits per heavy atom. The number of hydrogen-bond acceptors (Lipinski definition) is 5. The maximum absolute atomic E-state index is 13.5. The molecule has 0 aromatic heterocycles. The van der Waals surface area contributed by atoms with E-state index in [-0.39, 0.29) is 11.6 Å². The van der Waals surface area contributed by atoms with E-state index in [4.69, 9.17) is 0 Å². The van der Waals surface area contributed by atoms with Crippen LogP contribution in [0.3, 0.4) is 0 Å². The number of halogens is 1. The number of carbonyl (C=O) groups is 3. The summed E-state index contributed by atoms with van der Waals surface area (Å²) < 4.78 is 0.895.